The molecule has 0 aromatic rings. The first-order valence-electron chi connectivity index (χ1n) is 4.36. The van der Waals surface area contributed by atoms with Crippen LogP contribution in [-0.2, 0) is 13.8 Å². The van der Waals surface area contributed by atoms with Gasteiger partial charge in [0.15, 0.2) is 0 Å². The topological polar surface area (TPSA) is 98.8 Å². The van der Waals surface area contributed by atoms with Gasteiger partial charge in [-0.05, 0) is 19.8 Å². The molecule has 0 heterocycles. The molecule has 0 saturated heterocycles. The third-order valence-electron chi connectivity index (χ3n) is 1.41. The predicted molar refractivity (Wildman–Crippen MR) is 51.1 cm³/mol. The molecule has 0 aromatic carbocycles. The summed E-state index contributed by atoms with van der Waals surface area (Å²) in [7, 11) is -3.43. The van der Waals surface area contributed by atoms with Crippen molar-refractivity contribution in [1.82, 2.24) is 0 Å². The molecule has 0 rings (SSSR count). The van der Waals surface area contributed by atoms with E-state index in [1.807, 2.05) is 0 Å². The van der Waals surface area contributed by atoms with E-state index in [0.29, 0.717) is 12.8 Å². The van der Waals surface area contributed by atoms with Crippen LogP contribution in [0.3, 0.4) is 0 Å². The summed E-state index contributed by atoms with van der Waals surface area (Å²) in [6, 6.07) is 0. The maximum absolute atomic E-state index is 11.1. The minimum absolute atomic E-state index is 0.0724. The molecule has 1 amide bonds. The minimum Gasteiger partial charge on any atom is -0.450 e. The fraction of sp³-hybridized carbons (Fsp3) is 0.857. The number of carbonyl (C=O) groups is 1. The smallest absolute Gasteiger partial charge is 0.404 e. The molecule has 0 aromatic heterocycles. The second-order valence-corrected chi connectivity index (χ2v) is 4.63. The zero-order valence-corrected chi connectivity index (χ0v) is 9.03. The van der Waals surface area contributed by atoms with E-state index >= 15 is 0 Å². The SMILES string of the molecule is CCOP(=O)(O)CCCCOC(N)=O. The lowest BCUT2D eigenvalue weighted by Crippen LogP contribution is -2.13. The van der Waals surface area contributed by atoms with Crippen LogP contribution in [0.1, 0.15) is 19.8 Å². The Morgan fingerprint density at radius 1 is 1.50 bits per heavy atom. The van der Waals surface area contributed by atoms with Gasteiger partial charge in [0.2, 0.25) is 0 Å². The standard InChI is InChI=1S/C7H16NO5P/c1-2-13-14(10,11)6-4-3-5-12-7(8)9/h2-6H2,1H3,(H2,8,9)(H,10,11). The highest BCUT2D eigenvalue weighted by molar-refractivity contribution is 7.52. The number of primary amides is 1. The van der Waals surface area contributed by atoms with Crippen LogP contribution in [0.25, 0.3) is 0 Å². The number of hydrogen-bond donors (Lipinski definition) is 2. The van der Waals surface area contributed by atoms with Crippen LogP contribution in [0, 0.1) is 0 Å². The first kappa shape index (κ1) is 13.4. The van der Waals surface area contributed by atoms with E-state index in [1.54, 1.807) is 6.92 Å². The number of rotatable bonds is 7. The van der Waals surface area contributed by atoms with Crippen LogP contribution in [-0.4, -0.2) is 30.4 Å². The quantitative estimate of drug-likeness (QED) is 0.499. The van der Waals surface area contributed by atoms with E-state index in [4.69, 9.17) is 10.6 Å². The molecule has 0 aliphatic heterocycles. The Morgan fingerprint density at radius 2 is 2.14 bits per heavy atom. The average Bonchev–Trinajstić information content (AvgIpc) is 2.02. The van der Waals surface area contributed by atoms with Crippen molar-refractivity contribution in [1.29, 1.82) is 0 Å². The van der Waals surface area contributed by atoms with Crippen LogP contribution in [0.2, 0.25) is 0 Å². The molecule has 0 saturated carbocycles. The number of unbranched alkanes of at least 4 members (excludes halogenated alkanes) is 1. The minimum atomic E-state index is -3.43. The molecule has 14 heavy (non-hydrogen) atoms. The second-order valence-electron chi connectivity index (χ2n) is 2.65. The predicted octanol–water partition coefficient (Wildman–Crippen LogP) is 1.08. The molecule has 3 N–H and O–H groups in total. The highest BCUT2D eigenvalue weighted by Crippen LogP contribution is 2.42. The summed E-state index contributed by atoms with van der Waals surface area (Å²) < 4.78 is 20.2. The molecule has 0 aliphatic carbocycles. The largest absolute Gasteiger partial charge is 0.450 e. The van der Waals surface area contributed by atoms with Crippen molar-refractivity contribution in [3.63, 3.8) is 0 Å². The van der Waals surface area contributed by atoms with Gasteiger partial charge >= 0.3 is 13.7 Å². The van der Waals surface area contributed by atoms with Gasteiger partial charge in [-0.3, -0.25) is 4.57 Å². The van der Waals surface area contributed by atoms with Gasteiger partial charge in [0.05, 0.1) is 19.4 Å². The number of amides is 1. The van der Waals surface area contributed by atoms with E-state index < -0.39 is 13.7 Å². The molecular formula is C7H16NO5P. The molecule has 0 bridgehead atoms. The summed E-state index contributed by atoms with van der Waals surface area (Å²) in [5.41, 5.74) is 4.72. The van der Waals surface area contributed by atoms with Crippen molar-refractivity contribution in [2.75, 3.05) is 19.4 Å². The van der Waals surface area contributed by atoms with Crippen LogP contribution >= 0.6 is 7.60 Å². The monoisotopic (exact) mass is 225 g/mol. The molecule has 1 unspecified atom stereocenters. The van der Waals surface area contributed by atoms with E-state index in [2.05, 4.69) is 9.26 Å². The van der Waals surface area contributed by atoms with Gasteiger partial charge in [-0.15, -0.1) is 0 Å². The van der Waals surface area contributed by atoms with Crippen molar-refractivity contribution < 1.29 is 23.5 Å². The highest BCUT2D eigenvalue weighted by atomic mass is 31.2. The number of hydrogen-bond acceptors (Lipinski definition) is 4. The molecule has 1 atom stereocenters. The Kier molecular flexibility index (Phi) is 6.53. The third kappa shape index (κ3) is 8.04. The van der Waals surface area contributed by atoms with Crippen molar-refractivity contribution in [2.24, 2.45) is 5.73 Å². The lowest BCUT2D eigenvalue weighted by molar-refractivity contribution is 0.155. The van der Waals surface area contributed by atoms with Crippen molar-refractivity contribution in [3.8, 4) is 0 Å². The van der Waals surface area contributed by atoms with E-state index in [0.717, 1.165) is 0 Å². The summed E-state index contributed by atoms with van der Waals surface area (Å²) in [6.45, 7) is 2.03. The Bertz CT molecular complexity index is 220. The second kappa shape index (κ2) is 6.81. The van der Waals surface area contributed by atoms with Crippen LogP contribution in [0.4, 0.5) is 4.79 Å². The number of nitrogens with two attached hydrogens (primary N) is 1. The molecule has 84 valence electrons. The van der Waals surface area contributed by atoms with Crippen LogP contribution in [0.5, 0.6) is 0 Å². The molecule has 6 nitrogen and oxygen atoms in total. The summed E-state index contributed by atoms with van der Waals surface area (Å²) in [4.78, 5) is 19.3. The van der Waals surface area contributed by atoms with E-state index in [1.165, 1.54) is 0 Å². The third-order valence-corrected chi connectivity index (χ3v) is 2.95. The highest BCUT2D eigenvalue weighted by Gasteiger charge is 2.17. The Hall–Kier alpha value is -0.580. The Balaban J connectivity index is 3.44. The lowest BCUT2D eigenvalue weighted by Gasteiger charge is -2.09. The van der Waals surface area contributed by atoms with E-state index in [9.17, 15) is 9.36 Å². The van der Waals surface area contributed by atoms with E-state index in [-0.39, 0.29) is 19.4 Å². The fourth-order valence-electron chi connectivity index (χ4n) is 0.853. The maximum atomic E-state index is 11.1. The summed E-state index contributed by atoms with van der Waals surface area (Å²) in [6.07, 6.45) is 0.201. The molecule has 0 spiro atoms. The van der Waals surface area contributed by atoms with Gasteiger partial charge in [0.25, 0.3) is 0 Å². The zero-order chi connectivity index (χ0) is 11.0. The number of ether oxygens (including phenoxy) is 1. The van der Waals surface area contributed by atoms with Crippen molar-refractivity contribution in [2.45, 2.75) is 19.8 Å². The first-order chi connectivity index (χ1) is 6.48. The van der Waals surface area contributed by atoms with Gasteiger partial charge < -0.3 is 19.9 Å². The van der Waals surface area contributed by atoms with Crippen molar-refractivity contribution in [3.05, 3.63) is 0 Å². The summed E-state index contributed by atoms with van der Waals surface area (Å²) in [5.74, 6) is 0. The lowest BCUT2D eigenvalue weighted by atomic mass is 10.4. The van der Waals surface area contributed by atoms with Gasteiger partial charge in [-0.25, -0.2) is 4.79 Å². The molecule has 0 aliphatic rings. The summed E-state index contributed by atoms with van der Waals surface area (Å²) >= 11 is 0. The Labute approximate surface area is 82.9 Å². The molecule has 0 radical (unpaired) electrons. The number of carbonyl (C=O) groups excluding carboxylic acids is 1. The average molecular weight is 225 g/mol. The zero-order valence-electron chi connectivity index (χ0n) is 8.14. The summed E-state index contributed by atoms with van der Waals surface area (Å²) in [5, 5.41) is 0. The van der Waals surface area contributed by atoms with Crippen molar-refractivity contribution >= 4 is 13.7 Å². The van der Waals surface area contributed by atoms with Gasteiger partial charge in [-0.1, -0.05) is 0 Å². The van der Waals surface area contributed by atoms with Gasteiger partial charge in [0.1, 0.15) is 0 Å². The van der Waals surface area contributed by atoms with Gasteiger partial charge in [-0.2, -0.15) is 0 Å². The fourth-order valence-corrected chi connectivity index (χ4v) is 2.01. The molecule has 7 heteroatoms. The van der Waals surface area contributed by atoms with Crippen LogP contribution < -0.4 is 5.73 Å². The molecular weight excluding hydrogens is 209 g/mol. The van der Waals surface area contributed by atoms with Gasteiger partial charge in [0, 0.05) is 0 Å². The van der Waals surface area contributed by atoms with Crippen LogP contribution in [0.15, 0.2) is 0 Å². The first-order valence-corrected chi connectivity index (χ1v) is 6.13. The Morgan fingerprint density at radius 3 is 2.64 bits per heavy atom. The normalized spacial score (nSPS) is 14.7. The maximum Gasteiger partial charge on any atom is 0.404 e. The molecule has 0 fully saturated rings.